The molecule has 1 aromatic heterocycles. The Bertz CT molecular complexity index is 160. The maximum absolute atomic E-state index is 5.01. The van der Waals surface area contributed by atoms with Gasteiger partial charge in [-0.15, -0.1) is 0 Å². The van der Waals surface area contributed by atoms with Gasteiger partial charge in [0.25, 0.3) is 0 Å². The van der Waals surface area contributed by atoms with E-state index in [-0.39, 0.29) is 0 Å². The Balaban J connectivity index is 2.15. The smallest absolute Gasteiger partial charge is 0.207 e. The first-order valence-electron chi connectivity index (χ1n) is 3.52. The molecular formula is C7H12N2O. The van der Waals surface area contributed by atoms with Crippen LogP contribution in [0.3, 0.4) is 0 Å². The van der Waals surface area contributed by atoms with Gasteiger partial charge >= 0.3 is 0 Å². The molecule has 0 aliphatic rings. The molecule has 10 heavy (non-hydrogen) atoms. The largest absolute Gasteiger partial charge is 0.448 e. The summed E-state index contributed by atoms with van der Waals surface area (Å²) in [4.78, 5) is 3.96. The number of nitrogens with zero attached hydrogens (tertiary/aromatic N) is 1. The Morgan fingerprint density at radius 3 is 3.20 bits per heavy atom. The van der Waals surface area contributed by atoms with Crippen molar-refractivity contribution >= 4 is 0 Å². The van der Waals surface area contributed by atoms with Crippen molar-refractivity contribution in [2.75, 3.05) is 6.54 Å². The topological polar surface area (TPSA) is 38.1 Å². The molecule has 0 bridgehead atoms. The van der Waals surface area contributed by atoms with Gasteiger partial charge in [0.15, 0.2) is 0 Å². The van der Waals surface area contributed by atoms with Gasteiger partial charge in [-0.3, -0.25) is 0 Å². The third kappa shape index (κ3) is 2.19. The zero-order valence-electron chi connectivity index (χ0n) is 6.13. The molecule has 0 atom stereocenters. The zero-order chi connectivity index (χ0) is 7.23. The van der Waals surface area contributed by atoms with Gasteiger partial charge in [-0.2, -0.15) is 0 Å². The van der Waals surface area contributed by atoms with Crippen LogP contribution in [0.5, 0.6) is 0 Å². The van der Waals surface area contributed by atoms with Gasteiger partial charge in [-0.05, 0) is 13.0 Å². The summed E-state index contributed by atoms with van der Waals surface area (Å²) in [7, 11) is 0. The molecule has 1 aromatic rings. The van der Waals surface area contributed by atoms with Crippen molar-refractivity contribution < 1.29 is 4.42 Å². The molecule has 0 amide bonds. The van der Waals surface area contributed by atoms with E-state index in [2.05, 4.69) is 17.2 Å². The second-order valence-electron chi connectivity index (χ2n) is 2.10. The maximum Gasteiger partial charge on any atom is 0.207 e. The minimum atomic E-state index is 0.737. The summed E-state index contributed by atoms with van der Waals surface area (Å²) in [5, 5.41) is 3.18. The summed E-state index contributed by atoms with van der Waals surface area (Å²) in [5.74, 6) is 0.758. The SMILES string of the molecule is CCCNCc1ncco1. The first kappa shape index (κ1) is 7.28. The highest BCUT2D eigenvalue weighted by Gasteiger charge is 1.93. The summed E-state index contributed by atoms with van der Waals surface area (Å²) in [5.41, 5.74) is 0. The summed E-state index contributed by atoms with van der Waals surface area (Å²) in [6.07, 6.45) is 4.38. The number of hydrogen-bond donors (Lipinski definition) is 1. The van der Waals surface area contributed by atoms with Gasteiger partial charge in [-0.1, -0.05) is 6.92 Å². The van der Waals surface area contributed by atoms with E-state index >= 15 is 0 Å². The molecule has 3 nitrogen and oxygen atoms in total. The van der Waals surface area contributed by atoms with Crippen LogP contribution in [0.4, 0.5) is 0 Å². The van der Waals surface area contributed by atoms with E-state index < -0.39 is 0 Å². The molecular weight excluding hydrogens is 128 g/mol. The van der Waals surface area contributed by atoms with E-state index in [0.717, 1.165) is 25.4 Å². The lowest BCUT2D eigenvalue weighted by Crippen LogP contribution is -2.13. The van der Waals surface area contributed by atoms with Crippen molar-refractivity contribution in [3.05, 3.63) is 18.4 Å². The highest BCUT2D eigenvalue weighted by molar-refractivity contribution is 4.78. The van der Waals surface area contributed by atoms with E-state index in [1.165, 1.54) is 0 Å². The Kier molecular flexibility index (Phi) is 2.96. The summed E-state index contributed by atoms with van der Waals surface area (Å²) < 4.78 is 5.01. The lowest BCUT2D eigenvalue weighted by Gasteiger charge is -1.96. The van der Waals surface area contributed by atoms with Gasteiger partial charge in [0.1, 0.15) is 6.26 Å². The van der Waals surface area contributed by atoms with Crippen LogP contribution in [0.2, 0.25) is 0 Å². The standard InChI is InChI=1S/C7H12N2O/c1-2-3-8-6-7-9-4-5-10-7/h4-5,8H,2-3,6H2,1H3. The quantitative estimate of drug-likeness (QED) is 0.638. The lowest BCUT2D eigenvalue weighted by atomic mass is 10.5. The Morgan fingerprint density at radius 2 is 2.60 bits per heavy atom. The van der Waals surface area contributed by atoms with Crippen molar-refractivity contribution in [3.63, 3.8) is 0 Å². The molecule has 0 radical (unpaired) electrons. The molecule has 0 unspecified atom stereocenters. The first-order valence-corrected chi connectivity index (χ1v) is 3.52. The van der Waals surface area contributed by atoms with Gasteiger partial charge in [-0.25, -0.2) is 4.98 Å². The van der Waals surface area contributed by atoms with Crippen LogP contribution in [0, 0.1) is 0 Å². The van der Waals surface area contributed by atoms with Gasteiger partial charge in [0.2, 0.25) is 5.89 Å². The number of aromatic nitrogens is 1. The van der Waals surface area contributed by atoms with E-state index in [0.29, 0.717) is 0 Å². The lowest BCUT2D eigenvalue weighted by molar-refractivity contribution is 0.468. The Labute approximate surface area is 60.5 Å². The van der Waals surface area contributed by atoms with Crippen LogP contribution >= 0.6 is 0 Å². The first-order chi connectivity index (χ1) is 4.93. The molecule has 0 aliphatic heterocycles. The van der Waals surface area contributed by atoms with E-state index in [1.807, 2.05) is 0 Å². The van der Waals surface area contributed by atoms with Gasteiger partial charge in [0, 0.05) is 0 Å². The molecule has 1 heterocycles. The number of hydrogen-bond acceptors (Lipinski definition) is 3. The van der Waals surface area contributed by atoms with Crippen molar-refractivity contribution in [2.24, 2.45) is 0 Å². The second kappa shape index (κ2) is 4.06. The minimum Gasteiger partial charge on any atom is -0.448 e. The Hall–Kier alpha value is -0.830. The van der Waals surface area contributed by atoms with Gasteiger partial charge in [0.05, 0.1) is 12.7 Å². The molecule has 1 N–H and O–H groups in total. The van der Waals surface area contributed by atoms with Crippen LogP contribution in [-0.2, 0) is 6.54 Å². The van der Waals surface area contributed by atoms with Crippen molar-refractivity contribution in [1.29, 1.82) is 0 Å². The third-order valence-electron chi connectivity index (χ3n) is 1.19. The normalized spacial score (nSPS) is 10.1. The average molecular weight is 140 g/mol. The van der Waals surface area contributed by atoms with Crippen LogP contribution in [0.1, 0.15) is 19.2 Å². The second-order valence-corrected chi connectivity index (χ2v) is 2.10. The van der Waals surface area contributed by atoms with Crippen LogP contribution in [-0.4, -0.2) is 11.5 Å². The number of rotatable bonds is 4. The van der Waals surface area contributed by atoms with Crippen molar-refractivity contribution in [1.82, 2.24) is 10.3 Å². The van der Waals surface area contributed by atoms with E-state index in [9.17, 15) is 0 Å². The third-order valence-corrected chi connectivity index (χ3v) is 1.19. The molecule has 0 aromatic carbocycles. The highest BCUT2D eigenvalue weighted by atomic mass is 16.3. The molecule has 3 heteroatoms. The molecule has 56 valence electrons. The monoisotopic (exact) mass is 140 g/mol. The fourth-order valence-electron chi connectivity index (χ4n) is 0.712. The van der Waals surface area contributed by atoms with Crippen LogP contribution in [0.15, 0.2) is 16.9 Å². The predicted molar refractivity (Wildman–Crippen MR) is 38.5 cm³/mol. The maximum atomic E-state index is 5.01. The summed E-state index contributed by atoms with van der Waals surface area (Å²) in [6.45, 7) is 3.88. The number of oxazole rings is 1. The predicted octanol–water partition coefficient (Wildman–Crippen LogP) is 1.17. The van der Waals surface area contributed by atoms with Gasteiger partial charge < -0.3 is 9.73 Å². The molecule has 0 saturated heterocycles. The zero-order valence-corrected chi connectivity index (χ0v) is 6.13. The summed E-state index contributed by atoms with van der Waals surface area (Å²) in [6, 6.07) is 0. The van der Waals surface area contributed by atoms with Crippen molar-refractivity contribution in [3.8, 4) is 0 Å². The molecule has 0 saturated carbocycles. The average Bonchev–Trinajstić information content (AvgIpc) is 2.41. The highest BCUT2D eigenvalue weighted by Crippen LogP contribution is 1.91. The molecule has 0 fully saturated rings. The molecule has 0 spiro atoms. The molecule has 0 aliphatic carbocycles. The summed E-state index contributed by atoms with van der Waals surface area (Å²) >= 11 is 0. The van der Waals surface area contributed by atoms with Crippen LogP contribution in [0.25, 0.3) is 0 Å². The number of nitrogens with one attached hydrogen (secondary N) is 1. The fourth-order valence-corrected chi connectivity index (χ4v) is 0.712. The molecule has 1 rings (SSSR count). The minimum absolute atomic E-state index is 0.737. The van der Waals surface area contributed by atoms with E-state index in [4.69, 9.17) is 4.42 Å². The van der Waals surface area contributed by atoms with Crippen molar-refractivity contribution in [2.45, 2.75) is 19.9 Å². The van der Waals surface area contributed by atoms with E-state index in [1.54, 1.807) is 12.5 Å². The van der Waals surface area contributed by atoms with Crippen LogP contribution < -0.4 is 5.32 Å². The Morgan fingerprint density at radius 1 is 1.70 bits per heavy atom. The fraction of sp³-hybridized carbons (Fsp3) is 0.571.